The SMILES string of the molecule is COc1cc2nccc(Oc3ccc([NH-])cc3C(F)(F)F)c2cc1OC. The number of nitrogens with zero attached hydrogens (tertiary/aromatic N) is 1. The molecule has 3 aromatic rings. The van der Waals surface area contributed by atoms with E-state index in [0.717, 1.165) is 12.1 Å². The lowest BCUT2D eigenvalue weighted by molar-refractivity contribution is -0.138. The van der Waals surface area contributed by atoms with Gasteiger partial charge in [-0.3, -0.25) is 4.98 Å². The van der Waals surface area contributed by atoms with Gasteiger partial charge in [0.25, 0.3) is 0 Å². The molecule has 0 spiro atoms. The molecule has 0 amide bonds. The fourth-order valence-electron chi connectivity index (χ4n) is 2.50. The Morgan fingerprint density at radius 2 is 1.58 bits per heavy atom. The Bertz CT molecular complexity index is 958. The molecule has 1 N–H and O–H groups in total. The Labute approximate surface area is 147 Å². The second-order valence-corrected chi connectivity index (χ2v) is 5.34. The molecule has 0 radical (unpaired) electrons. The third kappa shape index (κ3) is 3.30. The van der Waals surface area contributed by atoms with E-state index >= 15 is 0 Å². The van der Waals surface area contributed by atoms with E-state index in [1.807, 2.05) is 0 Å². The molecule has 0 saturated carbocycles. The molecule has 0 atom stereocenters. The Morgan fingerprint density at radius 1 is 0.885 bits per heavy atom. The van der Waals surface area contributed by atoms with Crippen LogP contribution in [0.15, 0.2) is 42.6 Å². The molecule has 1 heterocycles. The molecule has 3 rings (SSSR count). The molecular formula is C18H14F3N2O3-. The van der Waals surface area contributed by atoms with Gasteiger partial charge in [0.1, 0.15) is 11.5 Å². The zero-order chi connectivity index (χ0) is 18.9. The highest BCUT2D eigenvalue weighted by Gasteiger charge is 2.34. The minimum Gasteiger partial charge on any atom is -0.699 e. The first kappa shape index (κ1) is 17.7. The first-order chi connectivity index (χ1) is 12.3. The summed E-state index contributed by atoms with van der Waals surface area (Å²) >= 11 is 0. The minimum atomic E-state index is -4.64. The maximum absolute atomic E-state index is 13.3. The van der Waals surface area contributed by atoms with Crippen molar-refractivity contribution in [3.8, 4) is 23.0 Å². The highest BCUT2D eigenvalue weighted by Crippen LogP contribution is 2.42. The van der Waals surface area contributed by atoms with E-state index in [-0.39, 0.29) is 11.4 Å². The van der Waals surface area contributed by atoms with Crippen molar-refractivity contribution >= 4 is 16.6 Å². The van der Waals surface area contributed by atoms with Gasteiger partial charge in [-0.05, 0) is 18.2 Å². The second kappa shape index (κ2) is 6.62. The third-order valence-electron chi connectivity index (χ3n) is 3.71. The first-order valence-corrected chi connectivity index (χ1v) is 7.45. The summed E-state index contributed by atoms with van der Waals surface area (Å²) in [7, 11) is 2.93. The summed E-state index contributed by atoms with van der Waals surface area (Å²) in [6.07, 6.45) is -3.22. The van der Waals surface area contributed by atoms with Gasteiger partial charge in [-0.1, -0.05) is 12.1 Å². The van der Waals surface area contributed by atoms with Crippen molar-refractivity contribution in [2.24, 2.45) is 0 Å². The summed E-state index contributed by atoms with van der Waals surface area (Å²) in [5, 5.41) is 0.466. The summed E-state index contributed by atoms with van der Waals surface area (Å²) < 4.78 is 55.7. The number of pyridine rings is 1. The lowest BCUT2D eigenvalue weighted by Crippen LogP contribution is -2.07. The van der Waals surface area contributed by atoms with Gasteiger partial charge in [0.15, 0.2) is 11.5 Å². The van der Waals surface area contributed by atoms with Crippen LogP contribution in [0.2, 0.25) is 0 Å². The van der Waals surface area contributed by atoms with Crippen LogP contribution in [0.5, 0.6) is 23.0 Å². The van der Waals surface area contributed by atoms with Crippen LogP contribution >= 0.6 is 0 Å². The van der Waals surface area contributed by atoms with E-state index in [2.05, 4.69) is 4.98 Å². The number of halogens is 3. The molecule has 0 unspecified atom stereocenters. The number of methoxy groups -OCH3 is 2. The average Bonchev–Trinajstić information content (AvgIpc) is 2.61. The van der Waals surface area contributed by atoms with Gasteiger partial charge in [0.2, 0.25) is 0 Å². The van der Waals surface area contributed by atoms with Crippen LogP contribution in [0.4, 0.5) is 18.9 Å². The van der Waals surface area contributed by atoms with E-state index in [1.165, 1.54) is 32.5 Å². The van der Waals surface area contributed by atoms with E-state index in [1.54, 1.807) is 12.1 Å². The highest BCUT2D eigenvalue weighted by molar-refractivity contribution is 5.88. The van der Waals surface area contributed by atoms with Gasteiger partial charge in [0, 0.05) is 17.6 Å². The van der Waals surface area contributed by atoms with Crippen molar-refractivity contribution in [3.05, 3.63) is 53.9 Å². The summed E-state index contributed by atoms with van der Waals surface area (Å²) in [6, 6.07) is 7.74. The quantitative estimate of drug-likeness (QED) is 0.592. The van der Waals surface area contributed by atoms with Crippen LogP contribution in [0.3, 0.4) is 0 Å². The van der Waals surface area contributed by atoms with Gasteiger partial charge in [-0.2, -0.15) is 13.2 Å². The van der Waals surface area contributed by atoms with E-state index in [9.17, 15) is 13.2 Å². The van der Waals surface area contributed by atoms with Crippen molar-refractivity contribution < 1.29 is 27.4 Å². The molecule has 0 fully saturated rings. The van der Waals surface area contributed by atoms with Gasteiger partial charge < -0.3 is 19.9 Å². The molecule has 136 valence electrons. The molecule has 8 heteroatoms. The molecular weight excluding hydrogens is 349 g/mol. The average molecular weight is 363 g/mol. The largest absolute Gasteiger partial charge is 0.699 e. The maximum Gasteiger partial charge on any atom is 0.419 e. The number of nitrogens with one attached hydrogen (secondary N) is 1. The van der Waals surface area contributed by atoms with Crippen LogP contribution < -0.4 is 14.2 Å². The van der Waals surface area contributed by atoms with Gasteiger partial charge in [0.05, 0.1) is 25.3 Å². The Hall–Kier alpha value is -3.16. The minimum absolute atomic E-state index is 0.180. The Kier molecular flexibility index (Phi) is 4.50. The number of benzene rings is 2. The van der Waals surface area contributed by atoms with Crippen molar-refractivity contribution in [1.29, 1.82) is 0 Å². The molecule has 0 aliphatic rings. The number of fused-ring (bicyclic) bond motifs is 1. The Balaban J connectivity index is 2.13. The summed E-state index contributed by atoms with van der Waals surface area (Å²) in [5.74, 6) is 0.629. The fraction of sp³-hybridized carbons (Fsp3) is 0.167. The molecule has 2 aromatic carbocycles. The van der Waals surface area contributed by atoms with Gasteiger partial charge in [-0.25, -0.2) is 0 Å². The third-order valence-corrected chi connectivity index (χ3v) is 3.71. The van der Waals surface area contributed by atoms with E-state index in [4.69, 9.17) is 19.9 Å². The maximum atomic E-state index is 13.3. The van der Waals surface area contributed by atoms with Crippen molar-refractivity contribution in [1.82, 2.24) is 4.98 Å². The van der Waals surface area contributed by atoms with Crippen LogP contribution in [-0.2, 0) is 6.18 Å². The van der Waals surface area contributed by atoms with Crippen molar-refractivity contribution in [3.63, 3.8) is 0 Å². The molecule has 26 heavy (non-hydrogen) atoms. The fourth-order valence-corrected chi connectivity index (χ4v) is 2.50. The summed E-state index contributed by atoms with van der Waals surface area (Å²) in [4.78, 5) is 4.19. The Morgan fingerprint density at radius 3 is 2.23 bits per heavy atom. The lowest BCUT2D eigenvalue weighted by atomic mass is 10.1. The van der Waals surface area contributed by atoms with Crippen LogP contribution in [0.1, 0.15) is 5.56 Å². The highest BCUT2D eigenvalue weighted by atomic mass is 19.4. The summed E-state index contributed by atoms with van der Waals surface area (Å²) in [5.41, 5.74) is 6.63. The normalized spacial score (nSPS) is 11.4. The molecule has 0 saturated heterocycles. The number of aromatic nitrogens is 1. The summed E-state index contributed by atoms with van der Waals surface area (Å²) in [6.45, 7) is 0. The molecule has 1 aromatic heterocycles. The van der Waals surface area contributed by atoms with Crippen molar-refractivity contribution in [2.45, 2.75) is 6.18 Å². The lowest BCUT2D eigenvalue weighted by Gasteiger charge is -2.17. The number of hydrogen-bond donors (Lipinski definition) is 0. The molecule has 0 aliphatic heterocycles. The van der Waals surface area contributed by atoms with Crippen LogP contribution in [0.25, 0.3) is 16.6 Å². The topological polar surface area (TPSA) is 64.4 Å². The number of hydrogen-bond acceptors (Lipinski definition) is 4. The predicted octanol–water partition coefficient (Wildman–Crippen LogP) is 5.75. The number of ether oxygens (including phenoxy) is 3. The van der Waals surface area contributed by atoms with Gasteiger partial charge in [-0.15, -0.1) is 5.69 Å². The first-order valence-electron chi connectivity index (χ1n) is 7.45. The zero-order valence-corrected chi connectivity index (χ0v) is 13.8. The zero-order valence-electron chi connectivity index (χ0n) is 13.8. The number of rotatable bonds is 4. The molecule has 0 aliphatic carbocycles. The van der Waals surface area contributed by atoms with Crippen molar-refractivity contribution in [2.75, 3.05) is 14.2 Å². The van der Waals surface area contributed by atoms with Crippen LogP contribution in [-0.4, -0.2) is 19.2 Å². The van der Waals surface area contributed by atoms with Crippen LogP contribution in [0, 0.1) is 0 Å². The number of alkyl halides is 3. The smallest absolute Gasteiger partial charge is 0.419 e. The van der Waals surface area contributed by atoms with E-state index in [0.29, 0.717) is 22.4 Å². The molecule has 5 nitrogen and oxygen atoms in total. The van der Waals surface area contributed by atoms with Gasteiger partial charge >= 0.3 is 6.18 Å². The predicted molar refractivity (Wildman–Crippen MR) is 90.3 cm³/mol. The standard InChI is InChI=1S/C18H14F3N2O3/c1-24-16-8-11-13(9-17(16)25-2)23-6-5-14(11)26-15-4-3-10(22)7-12(15)18(19,20)21/h3-9,22H,1-2H3/q-1. The monoisotopic (exact) mass is 363 g/mol. The second-order valence-electron chi connectivity index (χ2n) is 5.34. The molecule has 0 bridgehead atoms. The van der Waals surface area contributed by atoms with E-state index < -0.39 is 17.5 Å².